The number of carbonyl (C=O) groups excluding carboxylic acids is 2. The van der Waals surface area contributed by atoms with Crippen molar-refractivity contribution < 1.29 is 18.7 Å². The molecule has 0 radical (unpaired) electrons. The maximum absolute atomic E-state index is 12.6. The van der Waals surface area contributed by atoms with E-state index in [-0.39, 0.29) is 11.8 Å². The molecule has 1 aromatic carbocycles. The first-order chi connectivity index (χ1) is 13.1. The summed E-state index contributed by atoms with van der Waals surface area (Å²) in [6, 6.07) is 11.1. The number of carbonyl (C=O) groups is 2. The van der Waals surface area contributed by atoms with Gasteiger partial charge in [0.2, 0.25) is 5.76 Å². The molecule has 27 heavy (non-hydrogen) atoms. The summed E-state index contributed by atoms with van der Waals surface area (Å²) in [5.41, 5.74) is 0.829. The van der Waals surface area contributed by atoms with Crippen LogP contribution in [0.25, 0.3) is 0 Å². The molecule has 0 spiro atoms. The van der Waals surface area contributed by atoms with Crippen LogP contribution in [0.1, 0.15) is 22.7 Å². The molecule has 144 valence electrons. The zero-order valence-corrected chi connectivity index (χ0v) is 17.3. The van der Waals surface area contributed by atoms with E-state index in [2.05, 4.69) is 37.5 Å². The molecule has 2 amide bonds. The Kier molecular flexibility index (Phi) is 6.73. The third-order valence-electron chi connectivity index (χ3n) is 4.42. The number of anilines is 1. The lowest BCUT2D eigenvalue weighted by molar-refractivity contribution is 0.0561. The van der Waals surface area contributed by atoms with Crippen molar-refractivity contribution in [2.45, 2.75) is 13.0 Å². The van der Waals surface area contributed by atoms with E-state index in [1.54, 1.807) is 12.1 Å². The highest BCUT2D eigenvalue weighted by Gasteiger charge is 2.21. The number of hydrogen-bond donors (Lipinski definition) is 1. The van der Waals surface area contributed by atoms with Gasteiger partial charge in [0, 0.05) is 29.7 Å². The fraction of sp³-hybridized carbons (Fsp3) is 0.368. The second-order valence-corrected chi connectivity index (χ2v) is 7.45. The van der Waals surface area contributed by atoms with E-state index >= 15 is 0 Å². The molecule has 1 aromatic heterocycles. The molecule has 0 unspecified atom stereocenters. The minimum absolute atomic E-state index is 0.0769. The van der Waals surface area contributed by atoms with E-state index in [1.165, 1.54) is 7.11 Å². The van der Waals surface area contributed by atoms with Crippen LogP contribution in [-0.2, 0) is 11.3 Å². The van der Waals surface area contributed by atoms with Crippen LogP contribution < -0.4 is 5.32 Å². The van der Waals surface area contributed by atoms with Gasteiger partial charge in [0.15, 0.2) is 0 Å². The lowest BCUT2D eigenvalue weighted by Gasteiger charge is -2.22. The van der Waals surface area contributed by atoms with Crippen LogP contribution in [0.4, 0.5) is 10.5 Å². The van der Waals surface area contributed by atoms with Crippen molar-refractivity contribution in [2.24, 2.45) is 0 Å². The molecule has 1 saturated heterocycles. The van der Waals surface area contributed by atoms with Crippen molar-refractivity contribution in [3.63, 3.8) is 0 Å². The molecule has 3 rings (SSSR count). The van der Waals surface area contributed by atoms with Crippen LogP contribution in [0.3, 0.4) is 0 Å². The molecule has 7 nitrogen and oxygen atoms in total. The van der Waals surface area contributed by atoms with E-state index in [0.717, 1.165) is 28.8 Å². The van der Waals surface area contributed by atoms with Gasteiger partial charge in [-0.1, -0.05) is 12.1 Å². The number of furan rings is 1. The smallest absolute Gasteiger partial charge is 0.373 e. The molecule has 1 fully saturated rings. The lowest BCUT2D eigenvalue weighted by atomic mass is 10.3. The number of amides is 2. The zero-order chi connectivity index (χ0) is 19.2. The summed E-state index contributed by atoms with van der Waals surface area (Å²) < 4.78 is 11.2. The van der Waals surface area contributed by atoms with Gasteiger partial charge in [-0.2, -0.15) is 0 Å². The molecule has 1 N–H and O–H groups in total. The van der Waals surface area contributed by atoms with Crippen LogP contribution in [0.5, 0.6) is 0 Å². The van der Waals surface area contributed by atoms with Crippen molar-refractivity contribution in [3.8, 4) is 0 Å². The van der Waals surface area contributed by atoms with Crippen LogP contribution >= 0.6 is 22.6 Å². The number of nitrogens with zero attached hydrogens (tertiary/aromatic N) is 2. The van der Waals surface area contributed by atoms with Crippen LogP contribution in [0.2, 0.25) is 0 Å². The van der Waals surface area contributed by atoms with E-state index in [0.29, 0.717) is 25.4 Å². The molecule has 2 aromatic rings. The summed E-state index contributed by atoms with van der Waals surface area (Å²) in [5.74, 6) is 0.448. The molecule has 0 atom stereocenters. The number of para-hydroxylation sites is 1. The van der Waals surface area contributed by atoms with E-state index in [9.17, 15) is 9.59 Å². The van der Waals surface area contributed by atoms with Gasteiger partial charge < -0.3 is 19.4 Å². The number of methoxy groups -OCH3 is 1. The average molecular weight is 483 g/mol. The van der Waals surface area contributed by atoms with Gasteiger partial charge in [0.05, 0.1) is 19.3 Å². The molecule has 0 bridgehead atoms. The minimum Gasteiger partial charge on any atom is -0.463 e. The summed E-state index contributed by atoms with van der Waals surface area (Å²) in [5, 5.41) is 2.99. The van der Waals surface area contributed by atoms with Gasteiger partial charge >= 0.3 is 12.0 Å². The SMILES string of the molecule is COC(=O)c1ccc(CN2CCCN(C(=O)Nc3ccccc3I)CC2)o1. The number of rotatable bonds is 4. The topological polar surface area (TPSA) is 75.0 Å². The van der Waals surface area contributed by atoms with Crippen molar-refractivity contribution in [2.75, 3.05) is 38.6 Å². The molecule has 1 aliphatic heterocycles. The van der Waals surface area contributed by atoms with Crippen molar-refractivity contribution in [1.82, 2.24) is 9.80 Å². The number of esters is 1. The van der Waals surface area contributed by atoms with Crippen LogP contribution in [0.15, 0.2) is 40.8 Å². The third kappa shape index (κ3) is 5.23. The Hall–Kier alpha value is -2.07. The van der Waals surface area contributed by atoms with Gasteiger partial charge in [0.1, 0.15) is 5.76 Å². The fourth-order valence-corrected chi connectivity index (χ4v) is 3.50. The summed E-state index contributed by atoms with van der Waals surface area (Å²) in [4.78, 5) is 28.1. The highest BCUT2D eigenvalue weighted by Crippen LogP contribution is 2.18. The molecule has 1 aliphatic rings. The number of ether oxygens (including phenoxy) is 1. The number of halogens is 1. The zero-order valence-electron chi connectivity index (χ0n) is 15.1. The Morgan fingerprint density at radius 2 is 1.96 bits per heavy atom. The Labute approximate surface area is 171 Å². The minimum atomic E-state index is -0.476. The second kappa shape index (κ2) is 9.23. The van der Waals surface area contributed by atoms with Crippen LogP contribution in [0, 0.1) is 3.57 Å². The largest absolute Gasteiger partial charge is 0.463 e. The first-order valence-electron chi connectivity index (χ1n) is 8.76. The normalized spacial score (nSPS) is 15.3. The molecule has 0 aliphatic carbocycles. The summed E-state index contributed by atoms with van der Waals surface area (Å²) in [6.45, 7) is 3.55. The third-order valence-corrected chi connectivity index (χ3v) is 5.36. The number of hydrogen-bond acceptors (Lipinski definition) is 5. The predicted molar refractivity (Wildman–Crippen MR) is 110 cm³/mol. The summed E-state index contributed by atoms with van der Waals surface area (Å²) >= 11 is 2.21. The first-order valence-corrected chi connectivity index (χ1v) is 9.84. The average Bonchev–Trinajstić information content (AvgIpc) is 3.00. The molecule has 8 heteroatoms. The summed E-state index contributed by atoms with van der Waals surface area (Å²) in [7, 11) is 1.33. The van der Waals surface area contributed by atoms with Gasteiger partial charge in [-0.15, -0.1) is 0 Å². The van der Waals surface area contributed by atoms with Crippen molar-refractivity contribution in [1.29, 1.82) is 0 Å². The number of urea groups is 1. The fourth-order valence-electron chi connectivity index (χ4n) is 2.98. The van der Waals surface area contributed by atoms with Gasteiger partial charge in [-0.3, -0.25) is 4.90 Å². The molecule has 0 saturated carbocycles. The lowest BCUT2D eigenvalue weighted by Crippen LogP contribution is -2.38. The highest BCUT2D eigenvalue weighted by atomic mass is 127. The van der Waals surface area contributed by atoms with Crippen molar-refractivity contribution in [3.05, 3.63) is 51.5 Å². The second-order valence-electron chi connectivity index (χ2n) is 6.28. The Morgan fingerprint density at radius 1 is 1.15 bits per heavy atom. The maximum Gasteiger partial charge on any atom is 0.373 e. The van der Waals surface area contributed by atoms with Crippen LogP contribution in [-0.4, -0.2) is 55.1 Å². The monoisotopic (exact) mass is 483 g/mol. The Morgan fingerprint density at radius 3 is 2.74 bits per heavy atom. The van der Waals surface area contributed by atoms with E-state index < -0.39 is 5.97 Å². The van der Waals surface area contributed by atoms with E-state index in [1.807, 2.05) is 29.2 Å². The van der Waals surface area contributed by atoms with Crippen molar-refractivity contribution >= 4 is 40.3 Å². The van der Waals surface area contributed by atoms with Gasteiger partial charge in [-0.25, -0.2) is 9.59 Å². The standard InChI is InChI=1S/C19H22IN3O4/c1-26-18(24)17-8-7-14(27-17)13-22-9-4-10-23(12-11-22)19(25)21-16-6-3-2-5-15(16)20/h2-3,5-8H,4,9-13H2,1H3,(H,21,25). The number of benzene rings is 1. The molecule has 2 heterocycles. The van der Waals surface area contributed by atoms with E-state index in [4.69, 9.17) is 4.42 Å². The quantitative estimate of drug-likeness (QED) is 0.533. The van der Waals surface area contributed by atoms with Gasteiger partial charge in [-0.05, 0) is 53.3 Å². The van der Waals surface area contributed by atoms with Gasteiger partial charge in [0.25, 0.3) is 0 Å². The Bertz CT molecular complexity index is 808. The molecular weight excluding hydrogens is 461 g/mol. The first kappa shape index (κ1) is 19.7. The highest BCUT2D eigenvalue weighted by molar-refractivity contribution is 14.1. The molecular formula is C19H22IN3O4. The summed E-state index contributed by atoms with van der Waals surface area (Å²) in [6.07, 6.45) is 0.879. The Balaban J connectivity index is 1.54. The predicted octanol–water partition coefficient (Wildman–Crippen LogP) is 3.41. The maximum atomic E-state index is 12.6. The number of nitrogens with one attached hydrogen (secondary N) is 1.